The van der Waals surface area contributed by atoms with Crippen LogP contribution in [0.4, 0.5) is 0 Å². The molecule has 0 aliphatic carbocycles. The summed E-state index contributed by atoms with van der Waals surface area (Å²) in [6.07, 6.45) is 8.94. The SMILES string of the molecule is C=C1C=C(/C=C(\C)[C@H]2C/C=C(/CC)CCCC(C)[C@H](O)[C@@H](C)C(=O)C(C)(C)[C@@H](O)CC(=O)O2)N=C(C)CC1. The van der Waals surface area contributed by atoms with E-state index in [2.05, 4.69) is 19.6 Å². The fourth-order valence-electron chi connectivity index (χ4n) is 5.20. The molecule has 0 amide bonds. The Morgan fingerprint density at radius 1 is 1.21 bits per heavy atom. The van der Waals surface area contributed by atoms with E-state index in [1.807, 2.05) is 32.9 Å². The number of Topliss-reactive ketones (excluding diaryl/α,β-unsaturated/α-hetero) is 1. The number of ketones is 1. The molecule has 2 heterocycles. The average molecular weight is 528 g/mol. The maximum Gasteiger partial charge on any atom is 0.309 e. The number of cyclic esters (lactones) is 1. The predicted molar refractivity (Wildman–Crippen MR) is 154 cm³/mol. The number of aliphatic imine (C=N–C) groups is 1. The van der Waals surface area contributed by atoms with Crippen LogP contribution < -0.4 is 0 Å². The average Bonchev–Trinajstić information content (AvgIpc) is 3.01. The first-order chi connectivity index (χ1) is 17.8. The first kappa shape index (κ1) is 31.9. The molecule has 0 aromatic carbocycles. The molecule has 212 valence electrons. The Hall–Kier alpha value is -2.31. The van der Waals surface area contributed by atoms with Crippen molar-refractivity contribution in [2.45, 2.75) is 118 Å². The van der Waals surface area contributed by atoms with E-state index in [9.17, 15) is 19.8 Å². The van der Waals surface area contributed by atoms with Crippen molar-refractivity contribution in [1.82, 2.24) is 0 Å². The summed E-state index contributed by atoms with van der Waals surface area (Å²) >= 11 is 0. The zero-order chi connectivity index (χ0) is 28.6. The van der Waals surface area contributed by atoms with E-state index in [1.165, 1.54) is 5.57 Å². The number of nitrogens with zero attached hydrogens (tertiary/aromatic N) is 1. The van der Waals surface area contributed by atoms with Gasteiger partial charge in [-0.1, -0.05) is 58.4 Å². The number of esters is 1. The Labute approximate surface area is 229 Å². The summed E-state index contributed by atoms with van der Waals surface area (Å²) in [5, 5.41) is 21.8. The number of rotatable bonds is 3. The van der Waals surface area contributed by atoms with Gasteiger partial charge >= 0.3 is 5.97 Å². The van der Waals surface area contributed by atoms with Gasteiger partial charge in [0.05, 0.1) is 29.7 Å². The van der Waals surface area contributed by atoms with Crippen molar-refractivity contribution in [3.63, 3.8) is 0 Å². The topological polar surface area (TPSA) is 96.2 Å². The molecule has 2 N–H and O–H groups in total. The summed E-state index contributed by atoms with van der Waals surface area (Å²) in [7, 11) is 0. The molecule has 6 heteroatoms. The van der Waals surface area contributed by atoms with E-state index in [1.54, 1.807) is 20.8 Å². The molecule has 2 aliphatic rings. The van der Waals surface area contributed by atoms with E-state index in [0.29, 0.717) is 6.42 Å². The molecular formula is C32H49NO5. The molecule has 0 saturated heterocycles. The van der Waals surface area contributed by atoms with Gasteiger partial charge in [-0.25, -0.2) is 0 Å². The molecule has 38 heavy (non-hydrogen) atoms. The second-order valence-corrected chi connectivity index (χ2v) is 11.8. The molecular weight excluding hydrogens is 478 g/mol. The molecule has 0 bridgehead atoms. The van der Waals surface area contributed by atoms with Crippen LogP contribution in [0.25, 0.3) is 0 Å². The van der Waals surface area contributed by atoms with Gasteiger partial charge < -0.3 is 14.9 Å². The van der Waals surface area contributed by atoms with Gasteiger partial charge in [-0.05, 0) is 76.0 Å². The lowest BCUT2D eigenvalue weighted by molar-refractivity contribution is -0.154. The normalized spacial score (nSPS) is 32.4. The van der Waals surface area contributed by atoms with Crippen LogP contribution in [0, 0.1) is 17.3 Å². The van der Waals surface area contributed by atoms with Crippen molar-refractivity contribution in [1.29, 1.82) is 0 Å². The Balaban J connectivity index is 2.41. The second-order valence-electron chi connectivity index (χ2n) is 11.8. The largest absolute Gasteiger partial charge is 0.457 e. The summed E-state index contributed by atoms with van der Waals surface area (Å²) in [5.74, 6) is -1.51. The highest BCUT2D eigenvalue weighted by Crippen LogP contribution is 2.32. The molecule has 1 unspecified atom stereocenters. The fraction of sp³-hybridized carbons (Fsp3) is 0.656. The van der Waals surface area contributed by atoms with Crippen LogP contribution in [0.1, 0.15) is 99.8 Å². The maximum absolute atomic E-state index is 13.3. The molecule has 2 rings (SSSR count). The van der Waals surface area contributed by atoms with Gasteiger partial charge in [0.25, 0.3) is 0 Å². The number of aliphatic hydroxyl groups excluding tert-OH is 2. The highest BCUT2D eigenvalue weighted by Gasteiger charge is 2.42. The van der Waals surface area contributed by atoms with Crippen molar-refractivity contribution >= 4 is 17.5 Å². The zero-order valence-corrected chi connectivity index (χ0v) is 24.5. The molecule has 0 spiro atoms. The molecule has 0 fully saturated rings. The number of allylic oxidation sites excluding steroid dienone is 4. The molecule has 0 radical (unpaired) electrons. The van der Waals surface area contributed by atoms with Crippen LogP contribution in [0.15, 0.2) is 52.2 Å². The molecule has 0 aromatic rings. The molecule has 0 aromatic heterocycles. The minimum Gasteiger partial charge on any atom is -0.457 e. The molecule has 5 atom stereocenters. The monoisotopic (exact) mass is 527 g/mol. The van der Waals surface area contributed by atoms with Crippen molar-refractivity contribution < 1.29 is 24.5 Å². The van der Waals surface area contributed by atoms with Gasteiger partial charge in [0.2, 0.25) is 0 Å². The van der Waals surface area contributed by atoms with Gasteiger partial charge in [-0.3, -0.25) is 14.6 Å². The zero-order valence-electron chi connectivity index (χ0n) is 24.5. The minimum atomic E-state index is -1.23. The Morgan fingerprint density at radius 3 is 2.55 bits per heavy atom. The van der Waals surface area contributed by atoms with Crippen molar-refractivity contribution in [2.24, 2.45) is 22.2 Å². The van der Waals surface area contributed by atoms with Crippen LogP contribution in [-0.2, 0) is 14.3 Å². The van der Waals surface area contributed by atoms with Crippen molar-refractivity contribution in [3.8, 4) is 0 Å². The van der Waals surface area contributed by atoms with Gasteiger partial charge in [-0.2, -0.15) is 0 Å². The molecule has 0 saturated carbocycles. The lowest BCUT2D eigenvalue weighted by Gasteiger charge is -2.34. The van der Waals surface area contributed by atoms with Crippen molar-refractivity contribution in [3.05, 3.63) is 47.2 Å². The van der Waals surface area contributed by atoms with Crippen LogP contribution in [0.5, 0.6) is 0 Å². The summed E-state index contributed by atoms with van der Waals surface area (Å²) < 4.78 is 5.93. The number of hydrogen-bond acceptors (Lipinski definition) is 6. The Kier molecular flexibility index (Phi) is 11.9. The summed E-state index contributed by atoms with van der Waals surface area (Å²) in [4.78, 5) is 31.0. The van der Waals surface area contributed by atoms with Gasteiger partial charge in [0.1, 0.15) is 11.9 Å². The smallest absolute Gasteiger partial charge is 0.309 e. The third-order valence-electron chi connectivity index (χ3n) is 8.21. The highest BCUT2D eigenvalue weighted by atomic mass is 16.5. The van der Waals surface area contributed by atoms with Crippen LogP contribution in [-0.4, -0.2) is 46.0 Å². The summed E-state index contributed by atoms with van der Waals surface area (Å²) in [6, 6.07) is 0. The molecule has 6 nitrogen and oxygen atoms in total. The number of hydrogen-bond donors (Lipinski definition) is 2. The lowest BCUT2D eigenvalue weighted by Crippen LogP contribution is -2.45. The number of ether oxygens (including phenoxy) is 1. The quantitative estimate of drug-likeness (QED) is 0.326. The number of carbonyl (C=O) groups excluding carboxylic acids is 2. The van der Waals surface area contributed by atoms with E-state index >= 15 is 0 Å². The first-order valence-corrected chi connectivity index (χ1v) is 14.2. The second kappa shape index (κ2) is 14.2. The fourth-order valence-corrected chi connectivity index (χ4v) is 5.20. The third-order valence-corrected chi connectivity index (χ3v) is 8.21. The lowest BCUT2D eigenvalue weighted by atomic mass is 9.73. The summed E-state index contributed by atoms with van der Waals surface area (Å²) in [5.41, 5.74) is 3.76. The minimum absolute atomic E-state index is 0.0533. The number of aliphatic hydroxyl groups is 2. The van der Waals surface area contributed by atoms with E-state index in [0.717, 1.165) is 61.1 Å². The maximum atomic E-state index is 13.3. The number of carbonyl (C=O) groups is 2. The standard InChI is InChI=1S/C32H49NO5/c1-9-25-12-10-11-21(3)30(36)24(6)31(37)32(7,8)28(34)19-29(35)38-27(16-15-25)22(4)18-26-17-20(2)13-14-23(5)33-26/h15,17-18,21,24,27-28,30,34,36H,2,9-14,16,19H2,1,3-8H3/b22-18+,25-15-/t21?,24-,27-,28+,30+/m1/s1. The van der Waals surface area contributed by atoms with Gasteiger partial charge in [0.15, 0.2) is 0 Å². The summed E-state index contributed by atoms with van der Waals surface area (Å²) in [6.45, 7) is 17.1. The van der Waals surface area contributed by atoms with E-state index < -0.39 is 35.6 Å². The predicted octanol–water partition coefficient (Wildman–Crippen LogP) is 6.43. The van der Waals surface area contributed by atoms with E-state index in [4.69, 9.17) is 9.73 Å². The molecule has 2 aliphatic heterocycles. The Morgan fingerprint density at radius 2 is 1.89 bits per heavy atom. The van der Waals surface area contributed by atoms with Gasteiger partial charge in [0, 0.05) is 18.1 Å². The van der Waals surface area contributed by atoms with E-state index in [-0.39, 0.29) is 18.1 Å². The third kappa shape index (κ3) is 8.88. The van der Waals surface area contributed by atoms with Crippen LogP contribution >= 0.6 is 0 Å². The Bertz CT molecular complexity index is 999. The first-order valence-electron chi connectivity index (χ1n) is 14.2. The van der Waals surface area contributed by atoms with Crippen LogP contribution in [0.3, 0.4) is 0 Å². The van der Waals surface area contributed by atoms with Gasteiger partial charge in [-0.15, -0.1) is 0 Å². The van der Waals surface area contributed by atoms with Crippen molar-refractivity contribution in [2.75, 3.05) is 0 Å². The van der Waals surface area contributed by atoms with Crippen LogP contribution in [0.2, 0.25) is 0 Å². The highest BCUT2D eigenvalue weighted by molar-refractivity contribution is 5.88.